The van der Waals surface area contributed by atoms with Gasteiger partial charge in [0.05, 0.1) is 6.04 Å². The van der Waals surface area contributed by atoms with Crippen molar-refractivity contribution in [1.82, 2.24) is 0 Å². The van der Waals surface area contributed by atoms with Gasteiger partial charge in [-0.25, -0.2) is 0 Å². The number of fused-ring (bicyclic) bond motifs is 1. The molecule has 0 spiro atoms. The van der Waals surface area contributed by atoms with E-state index in [0.29, 0.717) is 0 Å². The molecule has 21 heavy (non-hydrogen) atoms. The Morgan fingerprint density at radius 1 is 0.714 bits per heavy atom. The van der Waals surface area contributed by atoms with Crippen molar-refractivity contribution >= 4 is 10.8 Å². The molecule has 0 saturated carbocycles. The standard InChI is InChI=1S/C20H21N/c1-13-8-10-16(12-15(13)3)20(21)19-11-9-14(2)17-6-4-5-7-18(17)19/h4-12,20H,21H2,1-3H3. The first-order chi connectivity index (χ1) is 10.1. The van der Waals surface area contributed by atoms with Crippen LogP contribution in [0.1, 0.15) is 33.9 Å². The first-order valence-corrected chi connectivity index (χ1v) is 7.39. The quantitative estimate of drug-likeness (QED) is 0.713. The largest absolute Gasteiger partial charge is 0.320 e. The van der Waals surface area contributed by atoms with Crippen LogP contribution in [-0.4, -0.2) is 0 Å². The minimum absolute atomic E-state index is 0.0881. The lowest BCUT2D eigenvalue weighted by atomic mass is 9.91. The average molecular weight is 275 g/mol. The summed E-state index contributed by atoms with van der Waals surface area (Å²) < 4.78 is 0. The van der Waals surface area contributed by atoms with E-state index in [1.165, 1.54) is 38.6 Å². The van der Waals surface area contributed by atoms with Crippen molar-refractivity contribution in [3.8, 4) is 0 Å². The highest BCUT2D eigenvalue weighted by atomic mass is 14.6. The highest BCUT2D eigenvalue weighted by molar-refractivity contribution is 5.89. The fourth-order valence-electron chi connectivity index (χ4n) is 2.88. The van der Waals surface area contributed by atoms with Gasteiger partial charge in [-0.15, -0.1) is 0 Å². The lowest BCUT2D eigenvalue weighted by Gasteiger charge is -2.17. The van der Waals surface area contributed by atoms with Gasteiger partial charge >= 0.3 is 0 Å². The summed E-state index contributed by atoms with van der Waals surface area (Å²) in [5.74, 6) is 0. The predicted octanol–water partition coefficient (Wildman–Crippen LogP) is 4.81. The SMILES string of the molecule is Cc1ccc(C(N)c2ccc(C)c3ccccc23)cc1C. The van der Waals surface area contributed by atoms with E-state index < -0.39 is 0 Å². The summed E-state index contributed by atoms with van der Waals surface area (Å²) in [6.07, 6.45) is 0. The fraction of sp³-hybridized carbons (Fsp3) is 0.200. The van der Waals surface area contributed by atoms with E-state index in [4.69, 9.17) is 5.73 Å². The van der Waals surface area contributed by atoms with Crippen LogP contribution in [0, 0.1) is 20.8 Å². The zero-order valence-corrected chi connectivity index (χ0v) is 12.9. The molecule has 106 valence electrons. The summed E-state index contributed by atoms with van der Waals surface area (Å²) >= 11 is 0. The zero-order valence-electron chi connectivity index (χ0n) is 12.9. The molecule has 1 nitrogen and oxygen atoms in total. The normalized spacial score (nSPS) is 12.6. The summed E-state index contributed by atoms with van der Waals surface area (Å²) in [7, 11) is 0. The van der Waals surface area contributed by atoms with Crippen molar-refractivity contribution in [1.29, 1.82) is 0 Å². The van der Waals surface area contributed by atoms with Crippen molar-refractivity contribution in [2.75, 3.05) is 0 Å². The van der Waals surface area contributed by atoms with E-state index in [-0.39, 0.29) is 6.04 Å². The lowest BCUT2D eigenvalue weighted by molar-refractivity contribution is 0.877. The number of hydrogen-bond donors (Lipinski definition) is 1. The van der Waals surface area contributed by atoms with Gasteiger partial charge < -0.3 is 5.73 Å². The molecule has 1 unspecified atom stereocenters. The summed E-state index contributed by atoms with van der Waals surface area (Å²) in [6.45, 7) is 6.42. The Balaban J connectivity index is 2.15. The lowest BCUT2D eigenvalue weighted by Crippen LogP contribution is -2.12. The second kappa shape index (κ2) is 5.34. The number of rotatable bonds is 2. The van der Waals surface area contributed by atoms with Crippen LogP contribution in [0.2, 0.25) is 0 Å². The summed E-state index contributed by atoms with van der Waals surface area (Å²) in [6, 6.07) is 19.2. The van der Waals surface area contributed by atoms with Gasteiger partial charge in [0.15, 0.2) is 0 Å². The molecule has 3 aromatic carbocycles. The third-order valence-electron chi connectivity index (χ3n) is 4.40. The topological polar surface area (TPSA) is 26.0 Å². The molecule has 0 saturated heterocycles. The number of hydrogen-bond acceptors (Lipinski definition) is 1. The molecule has 0 aromatic heterocycles. The van der Waals surface area contributed by atoms with Gasteiger partial charge in [-0.2, -0.15) is 0 Å². The van der Waals surface area contributed by atoms with E-state index in [0.717, 1.165) is 0 Å². The fourth-order valence-corrected chi connectivity index (χ4v) is 2.88. The average Bonchev–Trinajstić information content (AvgIpc) is 2.50. The van der Waals surface area contributed by atoms with Gasteiger partial charge in [0, 0.05) is 0 Å². The Labute approximate surface area is 126 Å². The van der Waals surface area contributed by atoms with Crippen molar-refractivity contribution in [3.05, 3.63) is 82.4 Å². The summed E-state index contributed by atoms with van der Waals surface area (Å²) in [4.78, 5) is 0. The monoisotopic (exact) mass is 275 g/mol. The van der Waals surface area contributed by atoms with Gasteiger partial charge in [-0.05, 0) is 59.4 Å². The van der Waals surface area contributed by atoms with Gasteiger partial charge in [0.2, 0.25) is 0 Å². The summed E-state index contributed by atoms with van der Waals surface area (Å²) in [5.41, 5.74) is 12.8. The number of benzene rings is 3. The molecule has 3 aromatic rings. The molecule has 0 amide bonds. The van der Waals surface area contributed by atoms with Crippen LogP contribution in [-0.2, 0) is 0 Å². The maximum atomic E-state index is 6.55. The molecule has 0 fully saturated rings. The van der Waals surface area contributed by atoms with E-state index in [2.05, 4.69) is 75.4 Å². The maximum Gasteiger partial charge on any atom is 0.0557 e. The molecule has 1 atom stereocenters. The molecule has 0 aliphatic rings. The van der Waals surface area contributed by atoms with Crippen LogP contribution in [0.15, 0.2) is 54.6 Å². The van der Waals surface area contributed by atoms with Crippen molar-refractivity contribution in [3.63, 3.8) is 0 Å². The van der Waals surface area contributed by atoms with Crippen LogP contribution >= 0.6 is 0 Å². The van der Waals surface area contributed by atoms with Gasteiger partial charge in [0.1, 0.15) is 0 Å². The van der Waals surface area contributed by atoms with Crippen LogP contribution < -0.4 is 5.73 Å². The van der Waals surface area contributed by atoms with Crippen LogP contribution in [0.5, 0.6) is 0 Å². The third-order valence-corrected chi connectivity index (χ3v) is 4.40. The molecule has 0 heterocycles. The first-order valence-electron chi connectivity index (χ1n) is 7.39. The molecular weight excluding hydrogens is 254 g/mol. The number of aryl methyl sites for hydroxylation is 3. The molecular formula is C20H21N. The molecule has 0 radical (unpaired) electrons. The summed E-state index contributed by atoms with van der Waals surface area (Å²) in [5, 5.41) is 2.54. The third kappa shape index (κ3) is 2.45. The van der Waals surface area contributed by atoms with E-state index in [1.54, 1.807) is 0 Å². The van der Waals surface area contributed by atoms with E-state index in [1.807, 2.05) is 0 Å². The highest BCUT2D eigenvalue weighted by Crippen LogP contribution is 2.30. The molecule has 0 aliphatic carbocycles. The van der Waals surface area contributed by atoms with Crippen molar-refractivity contribution in [2.45, 2.75) is 26.8 Å². The smallest absolute Gasteiger partial charge is 0.0557 e. The minimum Gasteiger partial charge on any atom is -0.320 e. The van der Waals surface area contributed by atoms with E-state index in [9.17, 15) is 0 Å². The number of nitrogens with two attached hydrogens (primary N) is 1. The Kier molecular flexibility index (Phi) is 3.52. The Morgan fingerprint density at radius 3 is 2.10 bits per heavy atom. The second-order valence-electron chi connectivity index (χ2n) is 5.84. The Bertz CT molecular complexity index is 802. The predicted molar refractivity (Wildman–Crippen MR) is 90.6 cm³/mol. The molecule has 1 heteroatoms. The maximum absolute atomic E-state index is 6.55. The second-order valence-corrected chi connectivity index (χ2v) is 5.84. The van der Waals surface area contributed by atoms with Gasteiger partial charge in [-0.1, -0.05) is 54.6 Å². The Hall–Kier alpha value is -2.12. The molecule has 0 bridgehead atoms. The molecule has 0 aliphatic heterocycles. The van der Waals surface area contributed by atoms with Gasteiger partial charge in [0.25, 0.3) is 0 Å². The molecule has 2 N–H and O–H groups in total. The van der Waals surface area contributed by atoms with Gasteiger partial charge in [-0.3, -0.25) is 0 Å². The zero-order chi connectivity index (χ0) is 15.0. The first kappa shape index (κ1) is 13.8. The highest BCUT2D eigenvalue weighted by Gasteiger charge is 2.13. The van der Waals surface area contributed by atoms with Crippen LogP contribution in [0.4, 0.5) is 0 Å². The molecule has 3 rings (SSSR count). The van der Waals surface area contributed by atoms with Crippen LogP contribution in [0.3, 0.4) is 0 Å². The van der Waals surface area contributed by atoms with Crippen molar-refractivity contribution in [2.24, 2.45) is 5.73 Å². The minimum atomic E-state index is -0.0881. The van der Waals surface area contributed by atoms with Crippen molar-refractivity contribution < 1.29 is 0 Å². The van der Waals surface area contributed by atoms with Crippen LogP contribution in [0.25, 0.3) is 10.8 Å². The Morgan fingerprint density at radius 2 is 1.38 bits per heavy atom. The van der Waals surface area contributed by atoms with E-state index >= 15 is 0 Å².